The highest BCUT2D eigenvalue weighted by Crippen LogP contribution is 2.21. The fourth-order valence-electron chi connectivity index (χ4n) is 1.87. The number of hydroxylamine groups is 2. The average molecular weight is 199 g/mol. The van der Waals surface area contributed by atoms with Crippen LogP contribution in [-0.2, 0) is 9.63 Å². The summed E-state index contributed by atoms with van der Waals surface area (Å²) in [6.45, 7) is 2.79. The molecule has 1 fully saturated rings. The molecule has 1 saturated carbocycles. The molecule has 3 nitrogen and oxygen atoms in total. The molecule has 0 aromatic rings. The van der Waals surface area contributed by atoms with Gasteiger partial charge < -0.3 is 0 Å². The van der Waals surface area contributed by atoms with Gasteiger partial charge in [-0.2, -0.15) is 0 Å². The van der Waals surface area contributed by atoms with E-state index in [9.17, 15) is 4.79 Å². The number of amides is 1. The monoisotopic (exact) mass is 199 g/mol. The van der Waals surface area contributed by atoms with Crippen molar-refractivity contribution < 1.29 is 9.63 Å². The van der Waals surface area contributed by atoms with E-state index in [1.54, 1.807) is 0 Å². The number of rotatable bonds is 6. The van der Waals surface area contributed by atoms with Crippen molar-refractivity contribution in [2.75, 3.05) is 6.61 Å². The first kappa shape index (κ1) is 11.5. The molecular formula is C11H21NO2. The molecule has 0 spiro atoms. The summed E-state index contributed by atoms with van der Waals surface area (Å²) in [5.74, 6) is 0. The molecule has 0 aromatic heterocycles. The molecule has 0 bridgehead atoms. The van der Waals surface area contributed by atoms with Crippen LogP contribution in [-0.4, -0.2) is 24.1 Å². The molecule has 0 atom stereocenters. The molecule has 1 aliphatic rings. The molecule has 1 rings (SSSR count). The predicted molar refractivity (Wildman–Crippen MR) is 55.6 cm³/mol. The van der Waals surface area contributed by atoms with Crippen molar-refractivity contribution in [1.82, 2.24) is 5.06 Å². The van der Waals surface area contributed by atoms with Crippen molar-refractivity contribution in [1.29, 1.82) is 0 Å². The van der Waals surface area contributed by atoms with E-state index in [-0.39, 0.29) is 0 Å². The van der Waals surface area contributed by atoms with Gasteiger partial charge in [0.25, 0.3) is 0 Å². The SMILES string of the molecule is CCCCON(C=O)C1CCCCC1. The van der Waals surface area contributed by atoms with Crippen LogP contribution >= 0.6 is 0 Å². The summed E-state index contributed by atoms with van der Waals surface area (Å²) in [7, 11) is 0. The van der Waals surface area contributed by atoms with Gasteiger partial charge in [0.15, 0.2) is 0 Å². The fraction of sp³-hybridized carbons (Fsp3) is 0.909. The summed E-state index contributed by atoms with van der Waals surface area (Å²) in [5, 5.41) is 1.54. The van der Waals surface area contributed by atoms with E-state index in [1.165, 1.54) is 24.3 Å². The van der Waals surface area contributed by atoms with Crippen LogP contribution in [0.1, 0.15) is 51.9 Å². The standard InChI is InChI=1S/C11H21NO2/c1-2-3-9-14-12(10-13)11-7-5-4-6-8-11/h10-11H,2-9H2,1H3. The third-order valence-corrected chi connectivity index (χ3v) is 2.78. The quantitative estimate of drug-likeness (QED) is 0.374. The molecule has 3 heteroatoms. The molecular weight excluding hydrogens is 178 g/mol. The van der Waals surface area contributed by atoms with E-state index < -0.39 is 0 Å². The third kappa shape index (κ3) is 3.66. The van der Waals surface area contributed by atoms with Crippen LogP contribution in [0.25, 0.3) is 0 Å². The fourth-order valence-corrected chi connectivity index (χ4v) is 1.87. The Balaban J connectivity index is 2.24. The lowest BCUT2D eigenvalue weighted by atomic mass is 9.95. The van der Waals surface area contributed by atoms with Crippen molar-refractivity contribution in [3.05, 3.63) is 0 Å². The number of hydrogen-bond acceptors (Lipinski definition) is 2. The van der Waals surface area contributed by atoms with E-state index in [4.69, 9.17) is 4.84 Å². The summed E-state index contributed by atoms with van der Waals surface area (Å²) in [6.07, 6.45) is 8.94. The van der Waals surface area contributed by atoms with Gasteiger partial charge in [0.2, 0.25) is 6.41 Å². The Morgan fingerprint density at radius 2 is 2.07 bits per heavy atom. The highest BCUT2D eigenvalue weighted by Gasteiger charge is 2.20. The maximum absolute atomic E-state index is 10.8. The van der Waals surface area contributed by atoms with Gasteiger partial charge >= 0.3 is 0 Å². The number of nitrogens with zero attached hydrogens (tertiary/aromatic N) is 1. The minimum absolute atomic E-state index is 0.332. The largest absolute Gasteiger partial charge is 0.276 e. The molecule has 0 N–H and O–H groups in total. The smallest absolute Gasteiger partial charge is 0.233 e. The number of unbranched alkanes of at least 4 members (excludes halogenated alkanes) is 1. The van der Waals surface area contributed by atoms with Gasteiger partial charge in [-0.1, -0.05) is 32.6 Å². The van der Waals surface area contributed by atoms with Crippen molar-refractivity contribution >= 4 is 6.41 Å². The van der Waals surface area contributed by atoms with Crippen molar-refractivity contribution in [2.45, 2.75) is 57.9 Å². The first-order valence-corrected chi connectivity index (χ1v) is 5.75. The maximum atomic E-state index is 10.8. The van der Waals surface area contributed by atoms with Crippen LogP contribution in [0, 0.1) is 0 Å². The lowest BCUT2D eigenvalue weighted by molar-refractivity contribution is -0.190. The zero-order valence-corrected chi connectivity index (χ0v) is 9.08. The number of carbonyl (C=O) groups is 1. The normalized spacial score (nSPS) is 18.1. The van der Waals surface area contributed by atoms with E-state index >= 15 is 0 Å². The first-order chi connectivity index (χ1) is 6.88. The molecule has 1 aliphatic carbocycles. The Bertz CT molecular complexity index is 155. The van der Waals surface area contributed by atoms with Crippen LogP contribution in [0.2, 0.25) is 0 Å². The Hall–Kier alpha value is -0.570. The molecule has 0 radical (unpaired) electrons. The second-order valence-corrected chi connectivity index (χ2v) is 3.94. The average Bonchev–Trinajstić information content (AvgIpc) is 2.26. The summed E-state index contributed by atoms with van der Waals surface area (Å²) < 4.78 is 0. The van der Waals surface area contributed by atoms with E-state index in [1.807, 2.05) is 0 Å². The van der Waals surface area contributed by atoms with Crippen molar-refractivity contribution in [2.24, 2.45) is 0 Å². The van der Waals surface area contributed by atoms with E-state index in [0.29, 0.717) is 12.6 Å². The van der Waals surface area contributed by atoms with Gasteiger partial charge in [-0.05, 0) is 19.3 Å². The highest BCUT2D eigenvalue weighted by molar-refractivity contribution is 5.45. The first-order valence-electron chi connectivity index (χ1n) is 5.75. The van der Waals surface area contributed by atoms with E-state index in [2.05, 4.69) is 6.92 Å². The molecule has 0 unspecified atom stereocenters. The lowest BCUT2D eigenvalue weighted by Crippen LogP contribution is -2.36. The van der Waals surface area contributed by atoms with Gasteiger partial charge in [-0.15, -0.1) is 0 Å². The van der Waals surface area contributed by atoms with Crippen molar-refractivity contribution in [3.63, 3.8) is 0 Å². The molecule has 82 valence electrons. The number of carbonyl (C=O) groups excluding carboxylic acids is 1. The maximum Gasteiger partial charge on any atom is 0.233 e. The molecule has 0 heterocycles. The second-order valence-electron chi connectivity index (χ2n) is 3.94. The third-order valence-electron chi connectivity index (χ3n) is 2.78. The van der Waals surface area contributed by atoms with E-state index in [0.717, 1.165) is 32.1 Å². The van der Waals surface area contributed by atoms with Crippen molar-refractivity contribution in [3.8, 4) is 0 Å². The van der Waals surface area contributed by atoms with Gasteiger partial charge in [0.1, 0.15) is 0 Å². The lowest BCUT2D eigenvalue weighted by Gasteiger charge is -2.30. The summed E-state index contributed by atoms with van der Waals surface area (Å²) in [6, 6.07) is 0.332. The highest BCUT2D eigenvalue weighted by atomic mass is 16.7. The van der Waals surface area contributed by atoms with Crippen LogP contribution in [0.5, 0.6) is 0 Å². The minimum Gasteiger partial charge on any atom is -0.276 e. The molecule has 0 aromatic carbocycles. The Morgan fingerprint density at radius 1 is 1.36 bits per heavy atom. The number of hydrogen-bond donors (Lipinski definition) is 0. The second kappa shape index (κ2) is 6.82. The van der Waals surface area contributed by atoms with Gasteiger partial charge in [-0.3, -0.25) is 9.63 Å². The van der Waals surface area contributed by atoms with Gasteiger partial charge in [0, 0.05) is 0 Å². The van der Waals surface area contributed by atoms with Crippen LogP contribution in [0.3, 0.4) is 0 Å². The Labute approximate surface area is 86.4 Å². The zero-order chi connectivity index (χ0) is 10.2. The molecule has 0 saturated heterocycles. The topological polar surface area (TPSA) is 29.5 Å². The summed E-state index contributed by atoms with van der Waals surface area (Å²) in [5.41, 5.74) is 0. The van der Waals surface area contributed by atoms with Gasteiger partial charge in [-0.25, -0.2) is 5.06 Å². The van der Waals surface area contributed by atoms with Crippen LogP contribution in [0.15, 0.2) is 0 Å². The minimum atomic E-state index is 0.332. The predicted octanol–water partition coefficient (Wildman–Crippen LogP) is 2.51. The van der Waals surface area contributed by atoms with Crippen LogP contribution < -0.4 is 0 Å². The molecule has 1 amide bonds. The molecule has 0 aliphatic heterocycles. The van der Waals surface area contributed by atoms with Crippen LogP contribution in [0.4, 0.5) is 0 Å². The summed E-state index contributed by atoms with van der Waals surface area (Å²) >= 11 is 0. The zero-order valence-electron chi connectivity index (χ0n) is 9.08. The summed E-state index contributed by atoms with van der Waals surface area (Å²) in [4.78, 5) is 16.2. The molecule has 14 heavy (non-hydrogen) atoms. The Morgan fingerprint density at radius 3 is 2.64 bits per heavy atom. The Kier molecular flexibility index (Phi) is 5.60. The van der Waals surface area contributed by atoms with Gasteiger partial charge in [0.05, 0.1) is 12.6 Å².